The number of ether oxygens (including phenoxy) is 1. The van der Waals surface area contributed by atoms with E-state index < -0.39 is 0 Å². The Morgan fingerprint density at radius 2 is 2.23 bits per heavy atom. The lowest BCUT2D eigenvalue weighted by molar-refractivity contribution is 0.0849. The van der Waals surface area contributed by atoms with E-state index in [4.69, 9.17) is 9.84 Å². The molecule has 6 nitrogen and oxygen atoms in total. The Hall–Kier alpha value is -0.640. The number of hydrogen-bond acceptors (Lipinski definition) is 5. The SMILES string of the molecule is OCCCOCC1CCC(c2cn(P)c3cncnc23)N1P. The molecule has 1 aliphatic rings. The molecule has 4 unspecified atom stereocenters. The molecule has 3 rings (SSSR count). The maximum atomic E-state index is 8.79. The van der Waals surface area contributed by atoms with Gasteiger partial charge in [-0.15, -0.1) is 0 Å². The van der Waals surface area contributed by atoms with Crippen LogP contribution in [0.2, 0.25) is 0 Å². The molecular formula is C14H22N4O2P2. The molecule has 2 aromatic rings. The minimum atomic E-state index is 0.186. The lowest BCUT2D eigenvalue weighted by Gasteiger charge is -2.25. The maximum absolute atomic E-state index is 8.79. The Kier molecular flexibility index (Phi) is 5.37. The first-order valence-electron chi connectivity index (χ1n) is 7.50. The third-order valence-electron chi connectivity index (χ3n) is 4.19. The van der Waals surface area contributed by atoms with Crippen LogP contribution in [0.4, 0.5) is 0 Å². The van der Waals surface area contributed by atoms with Crippen LogP contribution in [0, 0.1) is 0 Å². The monoisotopic (exact) mass is 340 g/mol. The quantitative estimate of drug-likeness (QED) is 0.641. The molecular weight excluding hydrogens is 318 g/mol. The van der Waals surface area contributed by atoms with Gasteiger partial charge in [-0.05, 0) is 28.7 Å². The van der Waals surface area contributed by atoms with Gasteiger partial charge in [-0.1, -0.05) is 9.39 Å². The fraction of sp³-hybridized carbons (Fsp3) is 0.571. The highest BCUT2D eigenvalue weighted by atomic mass is 31.0. The standard InChI is InChI=1S/C14H22N4O2P2/c19-4-1-5-20-8-10-2-3-12(18(10)22)11-7-17(21)13-6-15-9-16-14(11)13/h6-7,9-10,12,19H,1-5,8,21-22H2. The number of aliphatic hydroxyl groups is 1. The van der Waals surface area contributed by atoms with Crippen molar-refractivity contribution >= 4 is 29.8 Å². The highest BCUT2D eigenvalue weighted by molar-refractivity contribution is 7.15. The Morgan fingerprint density at radius 1 is 1.36 bits per heavy atom. The summed E-state index contributed by atoms with van der Waals surface area (Å²) in [5.74, 6) is 0. The van der Waals surface area contributed by atoms with E-state index in [1.54, 1.807) is 6.33 Å². The van der Waals surface area contributed by atoms with E-state index in [1.807, 2.05) is 10.5 Å². The van der Waals surface area contributed by atoms with Crippen LogP contribution in [0.15, 0.2) is 18.7 Å². The molecule has 0 bridgehead atoms. The van der Waals surface area contributed by atoms with E-state index in [-0.39, 0.29) is 6.61 Å². The Bertz CT molecular complexity index is 636. The van der Waals surface area contributed by atoms with Crippen molar-refractivity contribution < 1.29 is 9.84 Å². The van der Waals surface area contributed by atoms with Crippen molar-refractivity contribution in [3.8, 4) is 0 Å². The molecule has 0 saturated carbocycles. The first-order chi connectivity index (χ1) is 10.7. The zero-order chi connectivity index (χ0) is 15.5. The second kappa shape index (κ2) is 7.29. The van der Waals surface area contributed by atoms with Gasteiger partial charge in [0.2, 0.25) is 0 Å². The Balaban J connectivity index is 1.72. The van der Waals surface area contributed by atoms with E-state index >= 15 is 0 Å². The predicted octanol–water partition coefficient (Wildman–Crippen LogP) is 1.76. The second-order valence-corrected chi connectivity index (χ2v) is 6.75. The molecule has 1 aliphatic heterocycles. The molecule has 0 spiro atoms. The molecule has 0 aliphatic carbocycles. The minimum Gasteiger partial charge on any atom is -0.396 e. The fourth-order valence-electron chi connectivity index (χ4n) is 3.03. The van der Waals surface area contributed by atoms with Crippen LogP contribution in [0.5, 0.6) is 0 Å². The van der Waals surface area contributed by atoms with E-state index in [1.165, 1.54) is 5.56 Å². The second-order valence-electron chi connectivity index (χ2n) is 5.59. The summed E-state index contributed by atoms with van der Waals surface area (Å²) in [6.07, 6.45) is 8.46. The smallest absolute Gasteiger partial charge is 0.116 e. The first-order valence-corrected chi connectivity index (χ1v) is 8.53. The van der Waals surface area contributed by atoms with Crippen LogP contribution >= 0.6 is 18.8 Å². The zero-order valence-electron chi connectivity index (χ0n) is 12.4. The third kappa shape index (κ3) is 3.17. The number of rotatable bonds is 6. The molecule has 0 amide bonds. The van der Waals surface area contributed by atoms with Crippen molar-refractivity contribution in [3.63, 3.8) is 0 Å². The summed E-state index contributed by atoms with van der Waals surface area (Å²) in [4.78, 5) is 8.55. The van der Waals surface area contributed by atoms with Gasteiger partial charge in [-0.3, -0.25) is 4.67 Å². The third-order valence-corrected chi connectivity index (χ3v) is 5.40. The largest absolute Gasteiger partial charge is 0.396 e. The number of fused-ring (bicyclic) bond motifs is 1. The molecule has 3 heterocycles. The summed E-state index contributed by atoms with van der Waals surface area (Å²) in [7, 11) is 5.55. The van der Waals surface area contributed by atoms with Gasteiger partial charge in [0, 0.05) is 37.1 Å². The van der Waals surface area contributed by atoms with E-state index in [2.05, 4.69) is 39.6 Å². The fourth-order valence-corrected chi connectivity index (χ4v) is 3.93. The highest BCUT2D eigenvalue weighted by Crippen LogP contribution is 2.41. The zero-order valence-corrected chi connectivity index (χ0v) is 14.7. The Morgan fingerprint density at radius 3 is 3.05 bits per heavy atom. The molecule has 0 aromatic carbocycles. The summed E-state index contributed by atoms with van der Waals surface area (Å²) in [6.45, 7) is 1.51. The summed E-state index contributed by atoms with van der Waals surface area (Å²) >= 11 is 0. The summed E-state index contributed by atoms with van der Waals surface area (Å²) in [5, 5.41) is 8.79. The minimum absolute atomic E-state index is 0.186. The topological polar surface area (TPSA) is 63.4 Å². The molecule has 2 aromatic heterocycles. The van der Waals surface area contributed by atoms with E-state index in [9.17, 15) is 0 Å². The van der Waals surface area contributed by atoms with Crippen molar-refractivity contribution in [1.29, 1.82) is 0 Å². The lowest BCUT2D eigenvalue weighted by Crippen LogP contribution is -2.27. The van der Waals surface area contributed by atoms with Crippen molar-refractivity contribution in [3.05, 3.63) is 24.3 Å². The van der Waals surface area contributed by atoms with Crippen molar-refractivity contribution in [2.45, 2.75) is 31.3 Å². The summed E-state index contributed by atoms with van der Waals surface area (Å²) in [5.41, 5.74) is 3.29. The van der Waals surface area contributed by atoms with Crippen molar-refractivity contribution in [2.24, 2.45) is 0 Å². The van der Waals surface area contributed by atoms with Crippen LogP contribution in [-0.4, -0.2) is 49.9 Å². The van der Waals surface area contributed by atoms with Crippen molar-refractivity contribution in [2.75, 3.05) is 19.8 Å². The number of nitrogens with zero attached hydrogens (tertiary/aromatic N) is 4. The van der Waals surface area contributed by atoms with Gasteiger partial charge < -0.3 is 14.2 Å². The molecule has 1 N–H and O–H groups in total. The highest BCUT2D eigenvalue weighted by Gasteiger charge is 2.33. The first kappa shape index (κ1) is 16.2. The molecule has 8 heteroatoms. The maximum Gasteiger partial charge on any atom is 0.116 e. The van der Waals surface area contributed by atoms with Gasteiger partial charge in [0.25, 0.3) is 0 Å². The average molecular weight is 340 g/mol. The van der Waals surface area contributed by atoms with Crippen LogP contribution in [-0.2, 0) is 4.74 Å². The van der Waals surface area contributed by atoms with Gasteiger partial charge >= 0.3 is 0 Å². The van der Waals surface area contributed by atoms with Gasteiger partial charge in [0.05, 0.1) is 23.8 Å². The van der Waals surface area contributed by atoms with Gasteiger partial charge in [0.15, 0.2) is 0 Å². The number of aromatic nitrogens is 3. The van der Waals surface area contributed by atoms with Crippen LogP contribution in [0.25, 0.3) is 11.0 Å². The van der Waals surface area contributed by atoms with Crippen LogP contribution < -0.4 is 0 Å². The number of hydrogen-bond donors (Lipinski definition) is 1. The molecule has 22 heavy (non-hydrogen) atoms. The molecule has 4 atom stereocenters. The van der Waals surface area contributed by atoms with Crippen LogP contribution in [0.3, 0.4) is 0 Å². The normalized spacial score (nSPS) is 22.7. The lowest BCUT2D eigenvalue weighted by atomic mass is 10.1. The molecule has 1 fully saturated rings. The molecule has 120 valence electrons. The van der Waals surface area contributed by atoms with Gasteiger partial charge in [0.1, 0.15) is 6.33 Å². The van der Waals surface area contributed by atoms with Crippen molar-refractivity contribution in [1.82, 2.24) is 19.0 Å². The predicted molar refractivity (Wildman–Crippen MR) is 92.5 cm³/mol. The van der Waals surface area contributed by atoms with E-state index in [0.717, 1.165) is 23.9 Å². The summed E-state index contributed by atoms with van der Waals surface area (Å²) < 4.78 is 9.97. The number of aliphatic hydroxyl groups excluding tert-OH is 1. The molecule has 1 saturated heterocycles. The Labute approximate surface area is 134 Å². The van der Waals surface area contributed by atoms with Crippen LogP contribution in [0.1, 0.15) is 30.9 Å². The van der Waals surface area contributed by atoms with E-state index in [0.29, 0.717) is 31.7 Å². The molecule has 0 radical (unpaired) electrons. The van der Waals surface area contributed by atoms with Gasteiger partial charge in [-0.25, -0.2) is 9.97 Å². The average Bonchev–Trinajstić information content (AvgIpc) is 3.05. The van der Waals surface area contributed by atoms with Gasteiger partial charge in [-0.2, -0.15) is 0 Å². The summed E-state index contributed by atoms with van der Waals surface area (Å²) in [6, 6.07) is 0.717.